The van der Waals surface area contributed by atoms with E-state index < -0.39 is 0 Å². The highest BCUT2D eigenvalue weighted by molar-refractivity contribution is 6.14. The Balaban J connectivity index is 0.828. The lowest BCUT2D eigenvalue weighted by molar-refractivity contribution is 0.630. The van der Waals surface area contributed by atoms with Gasteiger partial charge in [-0.2, -0.15) is 0 Å². The van der Waals surface area contributed by atoms with Crippen molar-refractivity contribution in [3.63, 3.8) is 0 Å². The zero-order chi connectivity index (χ0) is 52.7. The van der Waals surface area contributed by atoms with Crippen LogP contribution in [0.2, 0.25) is 0 Å². The molecule has 2 aliphatic carbocycles. The summed E-state index contributed by atoms with van der Waals surface area (Å²) < 4.78 is 2.53. The largest absolute Gasteiger partial charge is 0.310 e. The van der Waals surface area contributed by atoms with Gasteiger partial charge in [0.15, 0.2) is 0 Å². The lowest BCUT2D eigenvalue weighted by Crippen LogP contribution is -2.26. The Morgan fingerprint density at radius 2 is 0.667 bits per heavy atom. The van der Waals surface area contributed by atoms with Gasteiger partial charge in [-0.15, -0.1) is 0 Å². The van der Waals surface area contributed by atoms with Crippen LogP contribution < -0.4 is 9.80 Å². The molecule has 12 aromatic rings. The summed E-state index contributed by atoms with van der Waals surface area (Å²) in [4.78, 5) is 4.81. The van der Waals surface area contributed by atoms with Crippen molar-refractivity contribution >= 4 is 55.9 Å². The molecule has 1 aromatic heterocycles. The van der Waals surface area contributed by atoms with Crippen molar-refractivity contribution in [2.24, 2.45) is 0 Å². The summed E-state index contributed by atoms with van der Waals surface area (Å²) in [6, 6.07) is 92.9. The van der Waals surface area contributed by atoms with E-state index in [2.05, 4.69) is 305 Å². The first-order valence-electron chi connectivity index (χ1n) is 27.6. The van der Waals surface area contributed by atoms with Crippen LogP contribution in [0, 0.1) is 0 Å². The molecule has 3 nitrogen and oxygen atoms in total. The first-order chi connectivity index (χ1) is 37.9. The predicted octanol–water partition coefficient (Wildman–Crippen LogP) is 20.3. The van der Waals surface area contributed by atoms with Crippen LogP contribution in [-0.2, 0) is 16.2 Å². The van der Waals surface area contributed by atoms with Gasteiger partial charge in [-0.25, -0.2) is 0 Å². The molecule has 0 saturated heterocycles. The molecule has 78 heavy (non-hydrogen) atoms. The van der Waals surface area contributed by atoms with Crippen LogP contribution in [0.25, 0.3) is 72.0 Å². The molecule has 374 valence electrons. The van der Waals surface area contributed by atoms with Crippen molar-refractivity contribution in [2.75, 3.05) is 9.80 Å². The van der Waals surface area contributed by atoms with Crippen LogP contribution in [-0.4, -0.2) is 4.57 Å². The topological polar surface area (TPSA) is 11.4 Å². The third-order valence-corrected chi connectivity index (χ3v) is 17.9. The summed E-state index contributed by atoms with van der Waals surface area (Å²) >= 11 is 0. The molecule has 15 rings (SSSR count). The summed E-state index contributed by atoms with van der Waals surface area (Å²) in [7, 11) is 0. The fourth-order valence-electron chi connectivity index (χ4n) is 13.9. The number of hydrogen-bond acceptors (Lipinski definition) is 2. The lowest BCUT2D eigenvalue weighted by Gasteiger charge is -2.35. The highest BCUT2D eigenvalue weighted by atomic mass is 15.1. The number of fused-ring (bicyclic) bond motifs is 11. The van der Waals surface area contributed by atoms with Crippen molar-refractivity contribution in [2.45, 2.75) is 57.8 Å². The van der Waals surface area contributed by atoms with E-state index in [1.165, 1.54) is 105 Å². The second-order valence-corrected chi connectivity index (χ2v) is 23.4. The summed E-state index contributed by atoms with van der Waals surface area (Å²) in [6.45, 7) is 14.2. The van der Waals surface area contributed by atoms with Crippen molar-refractivity contribution < 1.29 is 0 Å². The number of aromatic nitrogens is 1. The van der Waals surface area contributed by atoms with Crippen molar-refractivity contribution in [3.05, 3.63) is 282 Å². The van der Waals surface area contributed by atoms with Crippen LogP contribution in [0.1, 0.15) is 74.9 Å². The number of anilines is 6. The Hall–Kier alpha value is -9.18. The van der Waals surface area contributed by atoms with E-state index >= 15 is 0 Å². The van der Waals surface area contributed by atoms with Crippen LogP contribution in [0.15, 0.2) is 249 Å². The van der Waals surface area contributed by atoms with Crippen LogP contribution in [0.4, 0.5) is 34.1 Å². The van der Waals surface area contributed by atoms with Gasteiger partial charge in [0.2, 0.25) is 0 Å². The minimum absolute atomic E-state index is 0.0977. The predicted molar refractivity (Wildman–Crippen MR) is 328 cm³/mol. The zero-order valence-electron chi connectivity index (χ0n) is 45.0. The molecule has 0 atom stereocenters. The molecule has 0 saturated carbocycles. The maximum absolute atomic E-state index is 2.53. The van der Waals surface area contributed by atoms with Crippen LogP contribution in [0.5, 0.6) is 0 Å². The second kappa shape index (κ2) is 16.9. The average molecular weight is 1000 g/mol. The number of benzene rings is 11. The SMILES string of the molecule is CC1(C)c2ccccc2-c2ccc(N(c3ccccc3)c3ccc(-c4ccc5c(c4)c4cc(-c6ccc(N(c7ccccc7)c7ccc8c(c7)C(C)(C)c7ccccc7-8)cc6)cc6c4n5-c4ccccc4C6(C)C)cc3)cc21. The third kappa shape index (κ3) is 6.77. The minimum atomic E-state index is -0.234. The van der Waals surface area contributed by atoms with Gasteiger partial charge in [0.1, 0.15) is 0 Å². The molecule has 0 radical (unpaired) electrons. The second-order valence-electron chi connectivity index (χ2n) is 23.4. The molecule has 2 heterocycles. The molecular formula is C75H59N3. The van der Waals surface area contributed by atoms with Crippen LogP contribution in [0.3, 0.4) is 0 Å². The van der Waals surface area contributed by atoms with Gasteiger partial charge in [-0.3, -0.25) is 0 Å². The summed E-state index contributed by atoms with van der Waals surface area (Å²) in [5.74, 6) is 0. The van der Waals surface area contributed by atoms with Gasteiger partial charge in [-0.05, 0) is 181 Å². The van der Waals surface area contributed by atoms with E-state index in [0.29, 0.717) is 0 Å². The van der Waals surface area contributed by atoms with Gasteiger partial charge in [-0.1, -0.05) is 187 Å². The Labute approximate surface area is 458 Å². The van der Waals surface area contributed by atoms with E-state index in [-0.39, 0.29) is 16.2 Å². The Morgan fingerprint density at radius 3 is 1.21 bits per heavy atom. The number of hydrogen-bond donors (Lipinski definition) is 0. The smallest absolute Gasteiger partial charge is 0.0582 e. The van der Waals surface area contributed by atoms with E-state index in [9.17, 15) is 0 Å². The third-order valence-electron chi connectivity index (χ3n) is 17.9. The highest BCUT2D eigenvalue weighted by Crippen LogP contribution is 2.54. The Kier molecular flexibility index (Phi) is 10.0. The first kappa shape index (κ1) is 46.1. The summed E-state index contributed by atoms with van der Waals surface area (Å²) in [5, 5.41) is 2.52. The number of nitrogens with zero attached hydrogens (tertiary/aromatic N) is 3. The average Bonchev–Trinajstić information content (AvgIpc) is 4.07. The zero-order valence-corrected chi connectivity index (χ0v) is 45.0. The quantitative estimate of drug-likeness (QED) is 0.150. The molecular weight excluding hydrogens is 943 g/mol. The van der Waals surface area contributed by atoms with E-state index in [1.807, 2.05) is 0 Å². The molecule has 0 unspecified atom stereocenters. The summed E-state index contributed by atoms with van der Waals surface area (Å²) in [5.41, 5.74) is 28.4. The van der Waals surface area contributed by atoms with Gasteiger partial charge in [0.05, 0.1) is 16.7 Å². The van der Waals surface area contributed by atoms with Gasteiger partial charge < -0.3 is 14.4 Å². The standard InChI is InChI=1S/C75H59N3/c1-73(2)64-25-15-13-23-58(64)60-40-38-56(46-67(60)73)76(52-19-9-7-10-20-52)54-34-29-48(30-35-54)50-33-42-70-62(43-50)63-44-51(45-69-72(63)78(70)71-28-18-17-27-66(71)75(69,5)6)49-31-36-55(37-32-49)77(53-21-11-8-12-22-53)57-39-41-61-59-24-14-16-26-65(59)74(3,4)68(61)47-57/h7-47H,1-6H3. The van der Waals surface area contributed by atoms with Crippen molar-refractivity contribution in [1.29, 1.82) is 0 Å². The molecule has 3 aliphatic rings. The van der Waals surface area contributed by atoms with Crippen molar-refractivity contribution in [1.82, 2.24) is 4.57 Å². The molecule has 11 aromatic carbocycles. The molecule has 0 spiro atoms. The molecule has 0 N–H and O–H groups in total. The summed E-state index contributed by atoms with van der Waals surface area (Å²) in [6.07, 6.45) is 0. The number of rotatable bonds is 8. The molecule has 0 amide bonds. The molecule has 0 fully saturated rings. The molecule has 3 heteroatoms. The maximum Gasteiger partial charge on any atom is 0.0582 e. The molecule has 1 aliphatic heterocycles. The fraction of sp³-hybridized carbons (Fsp3) is 0.120. The molecule has 0 bridgehead atoms. The monoisotopic (exact) mass is 1000 g/mol. The van der Waals surface area contributed by atoms with Crippen molar-refractivity contribution in [3.8, 4) is 50.2 Å². The van der Waals surface area contributed by atoms with E-state index in [0.717, 1.165) is 34.1 Å². The first-order valence-corrected chi connectivity index (χ1v) is 27.6. The minimum Gasteiger partial charge on any atom is -0.310 e. The highest BCUT2D eigenvalue weighted by Gasteiger charge is 2.39. The maximum atomic E-state index is 2.53. The van der Waals surface area contributed by atoms with Gasteiger partial charge in [0, 0.05) is 61.1 Å². The fourth-order valence-corrected chi connectivity index (χ4v) is 13.9. The normalized spacial score (nSPS) is 14.6. The lowest BCUT2D eigenvalue weighted by atomic mass is 9.74. The Morgan fingerprint density at radius 1 is 0.269 bits per heavy atom. The van der Waals surface area contributed by atoms with Crippen LogP contribution >= 0.6 is 0 Å². The van der Waals surface area contributed by atoms with E-state index in [4.69, 9.17) is 0 Å². The number of para-hydroxylation sites is 3. The van der Waals surface area contributed by atoms with Gasteiger partial charge >= 0.3 is 0 Å². The Bertz CT molecular complexity index is 4380. The van der Waals surface area contributed by atoms with Gasteiger partial charge in [0.25, 0.3) is 0 Å². The van der Waals surface area contributed by atoms with E-state index in [1.54, 1.807) is 0 Å².